The topological polar surface area (TPSA) is 36.2 Å². The van der Waals surface area contributed by atoms with E-state index in [4.69, 9.17) is 4.74 Å². The molecule has 0 saturated carbocycles. The third-order valence-electron chi connectivity index (χ3n) is 1.20. The molecule has 0 amide bonds. The maximum atomic E-state index is 5.09. The fourth-order valence-electron chi connectivity index (χ4n) is 0.776. The van der Waals surface area contributed by atoms with Crippen LogP contribution in [0.1, 0.15) is 0 Å². The van der Waals surface area contributed by atoms with Crippen LogP contribution in [0.15, 0.2) is 30.8 Å². The first-order valence-corrected chi connectivity index (χ1v) is 2.94. The van der Waals surface area contributed by atoms with Crippen LogP contribution in [0.3, 0.4) is 0 Å². The summed E-state index contributed by atoms with van der Waals surface area (Å²) in [5, 5.41) is 3.98. The zero-order valence-corrected chi connectivity index (χ0v) is 5.19. The lowest BCUT2D eigenvalue weighted by molar-refractivity contribution is 0.464. The van der Waals surface area contributed by atoms with E-state index >= 15 is 0 Å². The van der Waals surface area contributed by atoms with Crippen molar-refractivity contribution in [3.8, 4) is 5.75 Å². The summed E-state index contributed by atoms with van der Waals surface area (Å²) in [4.78, 5) is 3.98. The van der Waals surface area contributed by atoms with Crippen molar-refractivity contribution in [2.45, 2.75) is 0 Å². The van der Waals surface area contributed by atoms with Gasteiger partial charge in [0.1, 0.15) is 6.26 Å². The van der Waals surface area contributed by atoms with Gasteiger partial charge in [0.05, 0.1) is 6.20 Å². The van der Waals surface area contributed by atoms with Crippen LogP contribution >= 0.6 is 0 Å². The van der Waals surface area contributed by atoms with E-state index in [1.807, 2.05) is 12.1 Å². The SMILES string of the molecule is C1=COc2cccnc2[N]1. The predicted octanol–water partition coefficient (Wildman–Crippen LogP) is 1.18. The van der Waals surface area contributed by atoms with E-state index in [1.165, 1.54) is 6.26 Å². The smallest absolute Gasteiger partial charge is 0.195 e. The van der Waals surface area contributed by atoms with Crippen LogP contribution in [-0.4, -0.2) is 4.98 Å². The van der Waals surface area contributed by atoms with Gasteiger partial charge in [0.25, 0.3) is 0 Å². The van der Waals surface area contributed by atoms with Crippen molar-refractivity contribution >= 4 is 5.82 Å². The van der Waals surface area contributed by atoms with E-state index in [0.717, 1.165) is 0 Å². The average Bonchev–Trinajstić information content (AvgIpc) is 2.05. The van der Waals surface area contributed by atoms with Crippen LogP contribution in [0, 0.1) is 0 Å². The van der Waals surface area contributed by atoms with E-state index in [9.17, 15) is 0 Å². The monoisotopic (exact) mass is 133 g/mol. The second-order valence-corrected chi connectivity index (χ2v) is 1.86. The Labute approximate surface area is 58.3 Å². The van der Waals surface area contributed by atoms with Gasteiger partial charge >= 0.3 is 0 Å². The van der Waals surface area contributed by atoms with Crippen molar-refractivity contribution in [3.05, 3.63) is 30.8 Å². The lowest BCUT2D eigenvalue weighted by Crippen LogP contribution is -1.99. The van der Waals surface area contributed by atoms with E-state index in [0.29, 0.717) is 11.6 Å². The Morgan fingerprint density at radius 2 is 2.40 bits per heavy atom. The molecule has 2 heterocycles. The molecule has 2 rings (SSSR count). The molecule has 0 fully saturated rings. The molecule has 1 aliphatic rings. The zero-order valence-electron chi connectivity index (χ0n) is 5.19. The van der Waals surface area contributed by atoms with E-state index in [1.54, 1.807) is 12.4 Å². The number of rotatable bonds is 0. The van der Waals surface area contributed by atoms with Crippen molar-refractivity contribution in [1.82, 2.24) is 10.3 Å². The summed E-state index contributed by atoms with van der Waals surface area (Å²) < 4.78 is 5.09. The molecule has 0 aromatic carbocycles. The number of fused-ring (bicyclic) bond motifs is 1. The van der Waals surface area contributed by atoms with Gasteiger partial charge in [0, 0.05) is 6.20 Å². The fourth-order valence-corrected chi connectivity index (χ4v) is 0.776. The van der Waals surface area contributed by atoms with E-state index < -0.39 is 0 Å². The number of ether oxygens (including phenoxy) is 1. The molecule has 1 aromatic rings. The average molecular weight is 133 g/mol. The molecular weight excluding hydrogens is 128 g/mol. The quantitative estimate of drug-likeness (QED) is 0.532. The Morgan fingerprint density at radius 1 is 1.40 bits per heavy atom. The van der Waals surface area contributed by atoms with Crippen molar-refractivity contribution < 1.29 is 4.74 Å². The van der Waals surface area contributed by atoms with E-state index in [2.05, 4.69) is 10.3 Å². The molecule has 0 unspecified atom stereocenters. The minimum absolute atomic E-state index is 0.644. The highest BCUT2D eigenvalue weighted by atomic mass is 16.5. The normalized spacial score (nSPS) is 13.2. The second-order valence-electron chi connectivity index (χ2n) is 1.86. The molecule has 3 heteroatoms. The van der Waals surface area contributed by atoms with Gasteiger partial charge in [-0.2, -0.15) is 0 Å². The highest BCUT2D eigenvalue weighted by Crippen LogP contribution is 2.23. The van der Waals surface area contributed by atoms with Crippen LogP contribution in [0.4, 0.5) is 5.82 Å². The summed E-state index contributed by atoms with van der Waals surface area (Å²) >= 11 is 0. The van der Waals surface area contributed by atoms with Gasteiger partial charge in [-0.3, -0.25) is 0 Å². The molecule has 49 valence electrons. The van der Waals surface area contributed by atoms with Gasteiger partial charge in [-0.25, -0.2) is 10.3 Å². The minimum Gasteiger partial charge on any atom is -0.459 e. The van der Waals surface area contributed by atoms with Crippen molar-refractivity contribution in [2.75, 3.05) is 0 Å². The zero-order chi connectivity index (χ0) is 6.81. The number of hydrogen-bond acceptors (Lipinski definition) is 2. The highest BCUT2D eigenvalue weighted by Gasteiger charge is 2.05. The summed E-state index contributed by atoms with van der Waals surface area (Å²) in [5.74, 6) is 1.36. The Balaban J connectivity index is 2.47. The van der Waals surface area contributed by atoms with Crippen molar-refractivity contribution in [1.29, 1.82) is 0 Å². The van der Waals surface area contributed by atoms with E-state index in [-0.39, 0.29) is 0 Å². The molecular formula is C7H5N2O. The first-order valence-electron chi connectivity index (χ1n) is 2.94. The number of aromatic nitrogens is 1. The number of pyridine rings is 1. The largest absolute Gasteiger partial charge is 0.459 e. The van der Waals surface area contributed by atoms with Crippen LogP contribution in [0.5, 0.6) is 5.75 Å². The van der Waals surface area contributed by atoms with Crippen molar-refractivity contribution in [2.24, 2.45) is 0 Å². The predicted molar refractivity (Wildman–Crippen MR) is 35.8 cm³/mol. The first kappa shape index (κ1) is 5.29. The lowest BCUT2D eigenvalue weighted by atomic mass is 10.4. The molecule has 0 spiro atoms. The van der Waals surface area contributed by atoms with Crippen LogP contribution < -0.4 is 10.1 Å². The Morgan fingerprint density at radius 3 is 3.30 bits per heavy atom. The Hall–Kier alpha value is -1.51. The Kier molecular flexibility index (Phi) is 1.07. The molecule has 0 bridgehead atoms. The molecule has 1 aliphatic heterocycles. The molecule has 1 aromatic heterocycles. The summed E-state index contributed by atoms with van der Waals surface area (Å²) in [7, 11) is 0. The highest BCUT2D eigenvalue weighted by molar-refractivity contribution is 5.46. The molecule has 0 atom stereocenters. The first-order chi connectivity index (χ1) is 4.97. The van der Waals surface area contributed by atoms with Crippen LogP contribution in [0.25, 0.3) is 0 Å². The summed E-state index contributed by atoms with van der Waals surface area (Å²) in [6, 6.07) is 3.64. The fraction of sp³-hybridized carbons (Fsp3) is 0. The van der Waals surface area contributed by atoms with Crippen LogP contribution in [0.2, 0.25) is 0 Å². The molecule has 3 nitrogen and oxygen atoms in total. The summed E-state index contributed by atoms with van der Waals surface area (Å²) in [5.41, 5.74) is 0. The molecule has 10 heavy (non-hydrogen) atoms. The molecule has 0 aliphatic carbocycles. The standard InChI is InChI=1S/C7H5N2O/c1-2-6-7(8-3-1)9-4-5-10-6/h1-5H. The molecule has 0 N–H and O–H groups in total. The Bertz CT molecular complexity index is 243. The summed E-state index contributed by atoms with van der Waals surface area (Å²) in [6.07, 6.45) is 4.80. The maximum absolute atomic E-state index is 5.09. The van der Waals surface area contributed by atoms with Crippen LogP contribution in [-0.2, 0) is 0 Å². The summed E-state index contributed by atoms with van der Waals surface area (Å²) in [6.45, 7) is 0. The second kappa shape index (κ2) is 2.02. The third-order valence-corrected chi connectivity index (χ3v) is 1.20. The van der Waals surface area contributed by atoms with Gasteiger partial charge in [-0.05, 0) is 12.1 Å². The maximum Gasteiger partial charge on any atom is 0.195 e. The molecule has 0 saturated heterocycles. The molecule has 1 radical (unpaired) electrons. The minimum atomic E-state index is 0.644. The number of hydrogen-bond donors (Lipinski definition) is 0. The van der Waals surface area contributed by atoms with Gasteiger partial charge in [0.2, 0.25) is 0 Å². The van der Waals surface area contributed by atoms with Crippen molar-refractivity contribution in [3.63, 3.8) is 0 Å². The van der Waals surface area contributed by atoms with Gasteiger partial charge in [-0.1, -0.05) is 0 Å². The number of nitrogens with zero attached hydrogens (tertiary/aromatic N) is 2. The third kappa shape index (κ3) is 0.719. The van der Waals surface area contributed by atoms with Gasteiger partial charge < -0.3 is 4.74 Å². The van der Waals surface area contributed by atoms with Gasteiger partial charge in [0.15, 0.2) is 11.6 Å². The van der Waals surface area contributed by atoms with Gasteiger partial charge in [-0.15, -0.1) is 0 Å². The lowest BCUT2D eigenvalue weighted by Gasteiger charge is -2.07.